The van der Waals surface area contributed by atoms with Crippen LogP contribution in [0.4, 0.5) is 27.1 Å². The fourth-order valence-corrected chi connectivity index (χ4v) is 6.93. The molecular weight excluding hydrogens is 507 g/mol. The van der Waals surface area contributed by atoms with Crippen molar-refractivity contribution in [3.05, 3.63) is 75.6 Å². The Kier molecular flexibility index (Phi) is 7.46. The predicted octanol–water partition coefficient (Wildman–Crippen LogP) is 5.82. The molecule has 0 atom stereocenters. The van der Waals surface area contributed by atoms with Gasteiger partial charge in [0.05, 0.1) is 10.9 Å². The van der Waals surface area contributed by atoms with Gasteiger partial charge in [-0.1, -0.05) is 37.6 Å². The lowest BCUT2D eigenvalue weighted by Gasteiger charge is -2.31. The van der Waals surface area contributed by atoms with E-state index in [1.165, 1.54) is 16.9 Å². The highest BCUT2D eigenvalue weighted by Gasteiger charge is 2.39. The zero-order chi connectivity index (χ0) is 25.3. The highest BCUT2D eigenvalue weighted by Crippen LogP contribution is 2.34. The topological polar surface area (TPSA) is 50.3 Å². The SMILES string of the molecule is CCCc1ccc(Cc2csc(N3CCC(S(=O)(=O)c4c(F)c(F)c(F)c(F)c4F)CC3)n2)cc1. The van der Waals surface area contributed by atoms with Crippen LogP contribution < -0.4 is 4.90 Å². The molecule has 0 unspecified atom stereocenters. The number of anilines is 1. The number of piperidine rings is 1. The number of hydrogen-bond donors (Lipinski definition) is 0. The molecule has 0 bridgehead atoms. The summed E-state index contributed by atoms with van der Waals surface area (Å²) < 4.78 is 94.3. The Bertz CT molecular complexity index is 1290. The van der Waals surface area contributed by atoms with Crippen LogP contribution in [0.15, 0.2) is 34.5 Å². The molecule has 1 aliphatic heterocycles. The number of rotatable bonds is 7. The van der Waals surface area contributed by atoms with Crippen molar-refractivity contribution in [1.29, 1.82) is 0 Å². The maximum Gasteiger partial charge on any atom is 0.200 e. The molecule has 0 amide bonds. The van der Waals surface area contributed by atoms with Crippen LogP contribution in [0.2, 0.25) is 0 Å². The monoisotopic (exact) mass is 530 g/mol. The summed E-state index contributed by atoms with van der Waals surface area (Å²) in [7, 11) is -4.77. The molecule has 0 radical (unpaired) electrons. The van der Waals surface area contributed by atoms with E-state index < -0.39 is 49.1 Å². The third-order valence-electron chi connectivity index (χ3n) is 6.09. The molecule has 1 aromatic heterocycles. The van der Waals surface area contributed by atoms with E-state index in [4.69, 9.17) is 0 Å². The summed E-state index contributed by atoms with van der Waals surface area (Å²) >= 11 is 1.41. The van der Waals surface area contributed by atoms with Crippen molar-refractivity contribution in [1.82, 2.24) is 4.98 Å². The van der Waals surface area contributed by atoms with Gasteiger partial charge in [-0.15, -0.1) is 11.3 Å². The average Bonchev–Trinajstić information content (AvgIpc) is 3.31. The fourth-order valence-electron chi connectivity index (χ4n) is 4.20. The van der Waals surface area contributed by atoms with Gasteiger partial charge in [-0.05, 0) is 30.4 Å². The Morgan fingerprint density at radius 1 is 0.914 bits per heavy atom. The Labute approximate surface area is 204 Å². The molecule has 1 saturated heterocycles. The zero-order valence-corrected chi connectivity index (χ0v) is 20.5. The quantitative estimate of drug-likeness (QED) is 0.167. The third kappa shape index (κ3) is 5.06. The Morgan fingerprint density at radius 2 is 1.46 bits per heavy atom. The van der Waals surface area contributed by atoms with E-state index in [2.05, 4.69) is 36.2 Å². The maximum absolute atomic E-state index is 14.1. The van der Waals surface area contributed by atoms with Gasteiger partial charge in [-0.2, -0.15) is 0 Å². The first-order valence-corrected chi connectivity index (χ1v) is 13.6. The van der Waals surface area contributed by atoms with Gasteiger partial charge in [0.2, 0.25) is 5.82 Å². The van der Waals surface area contributed by atoms with Crippen LogP contribution in [0.1, 0.15) is 43.0 Å². The van der Waals surface area contributed by atoms with E-state index in [0.717, 1.165) is 24.1 Å². The summed E-state index contributed by atoms with van der Waals surface area (Å²) in [6.07, 6.45) is 2.69. The van der Waals surface area contributed by atoms with Gasteiger partial charge in [-0.3, -0.25) is 0 Å². The van der Waals surface area contributed by atoms with E-state index in [9.17, 15) is 30.4 Å². The third-order valence-corrected chi connectivity index (χ3v) is 9.32. The summed E-state index contributed by atoms with van der Waals surface area (Å²) in [6, 6.07) is 8.34. The van der Waals surface area contributed by atoms with Crippen molar-refractivity contribution in [3.63, 3.8) is 0 Å². The maximum atomic E-state index is 14.1. The Hall–Kier alpha value is -2.53. The number of aryl methyl sites for hydroxylation is 1. The van der Waals surface area contributed by atoms with Gasteiger partial charge in [-0.25, -0.2) is 35.4 Å². The number of thiazole rings is 1. The van der Waals surface area contributed by atoms with Crippen LogP contribution in [0.3, 0.4) is 0 Å². The van der Waals surface area contributed by atoms with E-state index >= 15 is 0 Å². The Balaban J connectivity index is 1.44. The second-order valence-electron chi connectivity index (χ2n) is 8.50. The predicted molar refractivity (Wildman–Crippen MR) is 124 cm³/mol. The molecule has 11 heteroatoms. The second kappa shape index (κ2) is 10.2. The first-order chi connectivity index (χ1) is 16.6. The number of sulfone groups is 1. The molecular formula is C24H23F5N2O2S2. The van der Waals surface area contributed by atoms with Crippen molar-refractivity contribution in [2.45, 2.75) is 49.2 Å². The van der Waals surface area contributed by atoms with Gasteiger partial charge in [0, 0.05) is 24.9 Å². The first-order valence-electron chi connectivity index (χ1n) is 11.2. The van der Waals surface area contributed by atoms with Gasteiger partial charge in [0.1, 0.15) is 4.90 Å². The number of halogens is 5. The van der Waals surface area contributed by atoms with Crippen molar-refractivity contribution in [2.24, 2.45) is 0 Å². The number of benzene rings is 2. The minimum Gasteiger partial charge on any atom is -0.348 e. The van der Waals surface area contributed by atoms with Crippen LogP contribution in [-0.4, -0.2) is 31.7 Å². The molecule has 2 aromatic carbocycles. The van der Waals surface area contributed by atoms with Gasteiger partial charge in [0.15, 0.2) is 38.2 Å². The highest BCUT2D eigenvalue weighted by molar-refractivity contribution is 7.92. The molecule has 0 N–H and O–H groups in total. The molecule has 0 saturated carbocycles. The van der Waals surface area contributed by atoms with Crippen LogP contribution in [-0.2, 0) is 22.7 Å². The van der Waals surface area contributed by atoms with Gasteiger partial charge < -0.3 is 4.90 Å². The van der Waals surface area contributed by atoms with Crippen LogP contribution >= 0.6 is 11.3 Å². The fraction of sp³-hybridized carbons (Fsp3) is 0.375. The summed E-state index contributed by atoms with van der Waals surface area (Å²) in [5, 5.41) is 1.34. The normalized spacial score (nSPS) is 15.1. The molecule has 35 heavy (non-hydrogen) atoms. The molecule has 0 spiro atoms. The van der Waals surface area contributed by atoms with Crippen molar-refractivity contribution in [3.8, 4) is 0 Å². The van der Waals surface area contributed by atoms with Crippen LogP contribution in [0, 0.1) is 29.1 Å². The van der Waals surface area contributed by atoms with Gasteiger partial charge in [0.25, 0.3) is 0 Å². The molecule has 0 aliphatic carbocycles. The molecule has 4 nitrogen and oxygen atoms in total. The summed E-state index contributed by atoms with van der Waals surface area (Å²) in [5.41, 5.74) is 3.26. The van der Waals surface area contributed by atoms with Crippen molar-refractivity contribution in [2.75, 3.05) is 18.0 Å². The highest BCUT2D eigenvalue weighted by atomic mass is 32.2. The van der Waals surface area contributed by atoms with Crippen molar-refractivity contribution < 1.29 is 30.4 Å². The van der Waals surface area contributed by atoms with Gasteiger partial charge >= 0.3 is 0 Å². The molecule has 1 aliphatic rings. The van der Waals surface area contributed by atoms with Crippen LogP contribution in [0.5, 0.6) is 0 Å². The lowest BCUT2D eigenvalue weighted by atomic mass is 10.1. The lowest BCUT2D eigenvalue weighted by molar-refractivity contribution is 0.356. The van der Waals surface area contributed by atoms with Crippen molar-refractivity contribution >= 4 is 26.3 Å². The largest absolute Gasteiger partial charge is 0.348 e. The number of hydrogen-bond acceptors (Lipinski definition) is 5. The smallest absolute Gasteiger partial charge is 0.200 e. The molecule has 3 aromatic rings. The van der Waals surface area contributed by atoms with E-state index in [0.29, 0.717) is 11.6 Å². The molecule has 4 rings (SSSR count). The molecule has 1 fully saturated rings. The number of nitrogens with zero attached hydrogens (tertiary/aromatic N) is 2. The van der Waals surface area contributed by atoms with Crippen LogP contribution in [0.25, 0.3) is 0 Å². The minimum atomic E-state index is -4.77. The molecule has 188 valence electrons. The molecule has 2 heterocycles. The standard InChI is InChI=1S/C24H23F5N2O2S2/c1-2-3-14-4-6-15(7-5-14)12-16-13-34-24(30-16)31-10-8-17(9-11-31)35(32,33)23-21(28)19(26)18(25)20(27)22(23)29/h4-7,13,17H,2-3,8-12H2,1H3. The van der Waals surface area contributed by atoms with E-state index in [1.807, 2.05) is 10.3 Å². The summed E-state index contributed by atoms with van der Waals surface area (Å²) in [6.45, 7) is 2.57. The zero-order valence-electron chi connectivity index (χ0n) is 18.8. The number of aromatic nitrogens is 1. The van der Waals surface area contributed by atoms with E-state index in [1.54, 1.807) is 0 Å². The summed E-state index contributed by atoms with van der Waals surface area (Å²) in [5.74, 6) is -11.6. The Morgan fingerprint density at radius 3 is 2.03 bits per heavy atom. The average molecular weight is 531 g/mol. The minimum absolute atomic E-state index is 0.0321. The van der Waals surface area contributed by atoms with E-state index in [-0.39, 0.29) is 25.9 Å². The first kappa shape index (κ1) is 25.6. The lowest BCUT2D eigenvalue weighted by Crippen LogP contribution is -2.40. The second-order valence-corrected chi connectivity index (χ2v) is 11.5. The summed E-state index contributed by atoms with van der Waals surface area (Å²) in [4.78, 5) is 4.74.